The zero-order valence-corrected chi connectivity index (χ0v) is 19.2. The van der Waals surface area contributed by atoms with E-state index in [1.165, 1.54) is 0 Å². The second-order valence-corrected chi connectivity index (χ2v) is 8.79. The smallest absolute Gasteiger partial charge is 0.212 e. The Labute approximate surface area is 207 Å². The topological polar surface area (TPSA) is 38.0 Å². The molecule has 0 bridgehead atoms. The average Bonchev–Trinajstić information content (AvgIpc) is 3.45. The van der Waals surface area contributed by atoms with Gasteiger partial charge in [0.2, 0.25) is 5.69 Å². The van der Waals surface area contributed by atoms with Gasteiger partial charge >= 0.3 is 0 Å². The summed E-state index contributed by atoms with van der Waals surface area (Å²) in [5.41, 5.74) is 6.45. The van der Waals surface area contributed by atoms with Crippen molar-refractivity contribution in [2.75, 3.05) is 0 Å². The van der Waals surface area contributed by atoms with E-state index < -0.39 is 0 Å². The summed E-state index contributed by atoms with van der Waals surface area (Å²) in [5, 5.41) is 14.8. The highest BCUT2D eigenvalue weighted by atomic mass is 15.1. The zero-order valence-electron chi connectivity index (χ0n) is 19.2. The number of fused-ring (bicyclic) bond motifs is 6. The summed E-state index contributed by atoms with van der Waals surface area (Å²) in [7, 11) is 0. The summed E-state index contributed by atoms with van der Waals surface area (Å²) >= 11 is 0. The molecule has 7 rings (SSSR count). The van der Waals surface area contributed by atoms with Gasteiger partial charge in [-0.05, 0) is 24.3 Å². The van der Waals surface area contributed by atoms with Crippen LogP contribution < -0.4 is 0 Å². The molecule has 0 saturated heterocycles. The lowest BCUT2D eigenvalue weighted by atomic mass is 10.1. The summed E-state index contributed by atoms with van der Waals surface area (Å²) in [5.74, 6) is 0. The van der Waals surface area contributed by atoms with Crippen molar-refractivity contribution in [3.05, 3.63) is 126 Å². The van der Waals surface area contributed by atoms with Crippen molar-refractivity contribution >= 4 is 49.3 Å². The van der Waals surface area contributed by atoms with Crippen LogP contribution in [0.4, 0.5) is 5.69 Å². The summed E-state index contributed by atoms with van der Waals surface area (Å²) in [6.45, 7) is 8.10. The fourth-order valence-electron chi connectivity index (χ4n) is 5.52. The van der Waals surface area contributed by atoms with E-state index in [1.54, 1.807) is 12.1 Å². The number of hydrogen-bond acceptors (Lipinski definition) is 1. The minimum absolute atomic E-state index is 0.498. The van der Waals surface area contributed by atoms with Gasteiger partial charge in [-0.15, -0.1) is 0 Å². The highest BCUT2D eigenvalue weighted by Gasteiger charge is 2.24. The fraction of sp³-hybridized carbons (Fsp3) is 0. The Morgan fingerprint density at radius 1 is 0.528 bits per heavy atom. The number of nitrogens with zero attached hydrogens (tertiary/aromatic N) is 4. The maximum atomic E-state index is 10.3. The number of hydrogen-bond donors (Lipinski definition) is 0. The lowest BCUT2D eigenvalue weighted by Crippen LogP contribution is -2.06. The third-order valence-corrected chi connectivity index (χ3v) is 6.98. The van der Waals surface area contributed by atoms with Crippen LogP contribution >= 0.6 is 0 Å². The summed E-state index contributed by atoms with van der Waals surface area (Å²) in [6, 6.07) is 38.9. The predicted octanol–water partition coefficient (Wildman–Crippen LogP) is 8.30. The third-order valence-electron chi connectivity index (χ3n) is 6.98. The van der Waals surface area contributed by atoms with E-state index in [0.717, 1.165) is 49.3 Å². The molecule has 0 aliphatic carbocycles. The van der Waals surface area contributed by atoms with E-state index >= 15 is 0 Å². The molecule has 2 heterocycles. The van der Waals surface area contributed by atoms with Crippen LogP contribution in [0.3, 0.4) is 0 Å². The van der Waals surface area contributed by atoms with Gasteiger partial charge in [0.15, 0.2) is 0 Å². The first kappa shape index (κ1) is 20.1. The van der Waals surface area contributed by atoms with Crippen molar-refractivity contribution in [1.82, 2.24) is 9.13 Å². The van der Waals surface area contributed by atoms with Crippen molar-refractivity contribution in [2.45, 2.75) is 0 Å². The van der Waals surface area contributed by atoms with Gasteiger partial charge in [-0.25, -0.2) is 4.85 Å². The van der Waals surface area contributed by atoms with Gasteiger partial charge < -0.3 is 9.13 Å². The molecule has 0 spiro atoms. The van der Waals surface area contributed by atoms with Crippen LogP contribution in [-0.4, -0.2) is 9.13 Å². The van der Waals surface area contributed by atoms with E-state index in [2.05, 4.69) is 68.6 Å². The van der Waals surface area contributed by atoms with Gasteiger partial charge in [0.25, 0.3) is 0 Å². The molecular formula is C32H18N4. The van der Waals surface area contributed by atoms with Crippen LogP contribution in [0.25, 0.3) is 59.8 Å². The molecule has 0 N–H and O–H groups in total. The summed E-state index contributed by atoms with van der Waals surface area (Å²) < 4.78 is 4.30. The second kappa shape index (κ2) is 7.60. The van der Waals surface area contributed by atoms with Crippen molar-refractivity contribution in [1.29, 1.82) is 5.26 Å². The van der Waals surface area contributed by atoms with Crippen LogP contribution in [0.2, 0.25) is 0 Å². The van der Waals surface area contributed by atoms with Crippen LogP contribution in [0.5, 0.6) is 0 Å². The zero-order chi connectivity index (χ0) is 24.2. The Morgan fingerprint density at radius 3 is 1.31 bits per heavy atom. The molecule has 0 atom stereocenters. The van der Waals surface area contributed by atoms with Gasteiger partial charge in [0.1, 0.15) is 6.07 Å². The number of benzene rings is 5. The summed E-state index contributed by atoms with van der Waals surface area (Å²) in [4.78, 5) is 3.95. The predicted molar refractivity (Wildman–Crippen MR) is 146 cm³/mol. The van der Waals surface area contributed by atoms with E-state index in [0.29, 0.717) is 16.9 Å². The fourth-order valence-corrected chi connectivity index (χ4v) is 5.52. The van der Waals surface area contributed by atoms with Crippen LogP contribution in [0.15, 0.2) is 109 Å². The molecular weight excluding hydrogens is 440 g/mol. The quantitative estimate of drug-likeness (QED) is 0.240. The molecule has 0 aliphatic rings. The molecule has 0 fully saturated rings. The van der Waals surface area contributed by atoms with Crippen molar-refractivity contribution < 1.29 is 0 Å². The highest BCUT2D eigenvalue weighted by molar-refractivity contribution is 6.12. The van der Waals surface area contributed by atoms with Gasteiger partial charge in [0, 0.05) is 21.5 Å². The Balaban J connectivity index is 1.76. The van der Waals surface area contributed by atoms with E-state index in [4.69, 9.17) is 6.57 Å². The molecule has 36 heavy (non-hydrogen) atoms. The molecule has 4 heteroatoms. The Hall–Kier alpha value is -5.32. The number of nitriles is 1. The van der Waals surface area contributed by atoms with Crippen molar-refractivity contribution in [2.24, 2.45) is 0 Å². The minimum Gasteiger partial charge on any atom is -0.317 e. The molecule has 0 saturated carbocycles. The molecule has 0 unspecified atom stereocenters. The minimum atomic E-state index is 0.498. The molecule has 2 aromatic heterocycles. The van der Waals surface area contributed by atoms with Crippen molar-refractivity contribution in [3.8, 4) is 17.4 Å². The normalized spacial score (nSPS) is 11.3. The summed E-state index contributed by atoms with van der Waals surface area (Å²) in [6.07, 6.45) is 0. The van der Waals surface area contributed by atoms with Crippen molar-refractivity contribution in [3.63, 3.8) is 0 Å². The number of aromatic nitrogens is 2. The SMILES string of the molecule is [C-]#[N+]c1ccc(C#N)c(-n2c3ccccc3c3ccccc32)c1-n1c2ccccc2c2ccccc21. The number of rotatable bonds is 2. The van der Waals surface area contributed by atoms with Gasteiger partial charge in [-0.1, -0.05) is 84.9 Å². The van der Waals surface area contributed by atoms with E-state index in [1.807, 2.05) is 48.5 Å². The Kier molecular flexibility index (Phi) is 4.24. The molecule has 0 amide bonds. The van der Waals surface area contributed by atoms with Gasteiger partial charge in [0.05, 0.1) is 45.6 Å². The van der Waals surface area contributed by atoms with E-state index in [9.17, 15) is 5.26 Å². The molecule has 7 aromatic rings. The molecule has 0 aliphatic heterocycles. The lowest BCUT2D eigenvalue weighted by molar-refractivity contribution is 1.09. The van der Waals surface area contributed by atoms with Gasteiger partial charge in [-0.2, -0.15) is 5.26 Å². The Morgan fingerprint density at radius 2 is 0.917 bits per heavy atom. The maximum Gasteiger partial charge on any atom is 0.212 e. The van der Waals surface area contributed by atoms with E-state index in [-0.39, 0.29) is 0 Å². The molecule has 5 aromatic carbocycles. The Bertz CT molecular complexity index is 1820. The molecule has 4 nitrogen and oxygen atoms in total. The number of para-hydroxylation sites is 4. The first-order valence-electron chi connectivity index (χ1n) is 11.7. The molecule has 0 radical (unpaired) electrons. The lowest BCUT2D eigenvalue weighted by Gasteiger charge is -2.19. The monoisotopic (exact) mass is 458 g/mol. The molecule has 166 valence electrons. The maximum absolute atomic E-state index is 10.3. The second-order valence-electron chi connectivity index (χ2n) is 8.79. The first-order valence-corrected chi connectivity index (χ1v) is 11.7. The third kappa shape index (κ3) is 2.61. The highest BCUT2D eigenvalue weighted by Crippen LogP contribution is 2.42. The van der Waals surface area contributed by atoms with Crippen LogP contribution in [0.1, 0.15) is 5.56 Å². The van der Waals surface area contributed by atoms with Crippen LogP contribution in [-0.2, 0) is 0 Å². The average molecular weight is 459 g/mol. The standard InChI is InChI=1S/C32H18N4/c1-34-26-19-18-21(20-33)31(35-27-14-6-2-10-22(27)23-11-3-7-15-28(23)35)32(26)36-29-16-8-4-12-24(29)25-13-5-9-17-30(25)36/h2-19H. The van der Waals surface area contributed by atoms with Crippen LogP contribution in [0, 0.1) is 17.9 Å². The largest absolute Gasteiger partial charge is 0.317 e. The van der Waals surface area contributed by atoms with Gasteiger partial charge in [-0.3, -0.25) is 0 Å². The first-order chi connectivity index (χ1) is 17.8.